The zero-order valence-electron chi connectivity index (χ0n) is 14.6. The van der Waals surface area contributed by atoms with E-state index >= 15 is 0 Å². The number of nitro benzene ring substituents is 1. The summed E-state index contributed by atoms with van der Waals surface area (Å²) in [5.41, 5.74) is 2.31. The number of aromatic nitrogens is 1. The predicted molar refractivity (Wildman–Crippen MR) is 98.8 cm³/mol. The van der Waals surface area contributed by atoms with Crippen LogP contribution in [0.5, 0.6) is 0 Å². The topological polar surface area (TPSA) is 98.3 Å². The zero-order valence-corrected chi connectivity index (χ0v) is 14.6. The summed E-state index contributed by atoms with van der Waals surface area (Å²) >= 11 is 0. The number of amides is 1. The third kappa shape index (κ3) is 4.05. The number of benzene rings is 2. The standard InChI is InChI=1S/C19H19N3O4/c1-12(2)3-10-18(23)20-14-6-4-13(5-7-14)19-21-16-11-15(22(24)25)8-9-17(16)26-19/h4-9,11-12H,3,10H2,1-2H3,(H,20,23). The fraction of sp³-hybridized carbons (Fsp3) is 0.263. The molecule has 0 saturated carbocycles. The van der Waals surface area contributed by atoms with Crippen molar-refractivity contribution < 1.29 is 14.1 Å². The van der Waals surface area contributed by atoms with Gasteiger partial charge in [0.15, 0.2) is 5.58 Å². The maximum Gasteiger partial charge on any atom is 0.271 e. The molecule has 0 aliphatic heterocycles. The zero-order chi connectivity index (χ0) is 18.7. The van der Waals surface area contributed by atoms with Crippen LogP contribution in [0, 0.1) is 16.0 Å². The third-order valence-electron chi connectivity index (χ3n) is 3.95. The van der Waals surface area contributed by atoms with Crippen LogP contribution in [0.25, 0.3) is 22.6 Å². The highest BCUT2D eigenvalue weighted by atomic mass is 16.6. The Bertz CT molecular complexity index is 945. The number of hydrogen-bond donors (Lipinski definition) is 1. The van der Waals surface area contributed by atoms with E-state index in [0.717, 1.165) is 12.0 Å². The van der Waals surface area contributed by atoms with Gasteiger partial charge in [-0.05, 0) is 42.7 Å². The Morgan fingerprint density at radius 1 is 1.23 bits per heavy atom. The van der Waals surface area contributed by atoms with E-state index in [0.29, 0.717) is 35.0 Å². The highest BCUT2D eigenvalue weighted by molar-refractivity contribution is 5.91. The molecular weight excluding hydrogens is 334 g/mol. The van der Waals surface area contributed by atoms with E-state index in [1.807, 2.05) is 0 Å². The van der Waals surface area contributed by atoms with Crippen molar-refractivity contribution in [2.75, 3.05) is 5.32 Å². The molecule has 0 saturated heterocycles. The Balaban J connectivity index is 1.75. The Morgan fingerprint density at radius 3 is 2.62 bits per heavy atom. The number of nitrogens with zero attached hydrogens (tertiary/aromatic N) is 2. The first kappa shape index (κ1) is 17.6. The summed E-state index contributed by atoms with van der Waals surface area (Å²) in [6.45, 7) is 4.16. The lowest BCUT2D eigenvalue weighted by Gasteiger charge is -2.07. The molecule has 2 aromatic carbocycles. The van der Waals surface area contributed by atoms with E-state index in [2.05, 4.69) is 24.1 Å². The molecule has 1 heterocycles. The van der Waals surface area contributed by atoms with E-state index in [1.165, 1.54) is 18.2 Å². The molecule has 26 heavy (non-hydrogen) atoms. The molecule has 3 rings (SSSR count). The number of oxazole rings is 1. The quantitative estimate of drug-likeness (QED) is 0.508. The lowest BCUT2D eigenvalue weighted by molar-refractivity contribution is -0.384. The molecule has 0 fully saturated rings. The molecule has 0 bridgehead atoms. The molecule has 0 atom stereocenters. The van der Waals surface area contributed by atoms with Crippen LogP contribution < -0.4 is 5.32 Å². The van der Waals surface area contributed by atoms with Crippen LogP contribution in [-0.4, -0.2) is 15.8 Å². The van der Waals surface area contributed by atoms with Crippen LogP contribution in [0.4, 0.5) is 11.4 Å². The van der Waals surface area contributed by atoms with Gasteiger partial charge in [0.25, 0.3) is 5.69 Å². The van der Waals surface area contributed by atoms with Crippen molar-refractivity contribution in [3.05, 3.63) is 52.6 Å². The largest absolute Gasteiger partial charge is 0.436 e. The number of nitro groups is 1. The second-order valence-electron chi connectivity index (χ2n) is 6.49. The average molecular weight is 353 g/mol. The van der Waals surface area contributed by atoms with Gasteiger partial charge in [0.2, 0.25) is 11.8 Å². The number of non-ortho nitro benzene ring substituents is 1. The number of nitrogens with one attached hydrogen (secondary N) is 1. The van der Waals surface area contributed by atoms with Crippen LogP contribution in [0.1, 0.15) is 26.7 Å². The van der Waals surface area contributed by atoms with Crippen molar-refractivity contribution in [1.82, 2.24) is 4.98 Å². The Morgan fingerprint density at radius 2 is 1.96 bits per heavy atom. The molecule has 0 radical (unpaired) electrons. The molecule has 0 aliphatic carbocycles. The van der Waals surface area contributed by atoms with E-state index in [1.54, 1.807) is 24.3 Å². The first-order valence-corrected chi connectivity index (χ1v) is 8.37. The summed E-state index contributed by atoms with van der Waals surface area (Å²) in [6, 6.07) is 11.4. The number of carbonyl (C=O) groups excluding carboxylic acids is 1. The summed E-state index contributed by atoms with van der Waals surface area (Å²) in [5, 5.41) is 13.7. The Hall–Kier alpha value is -3.22. The first-order valence-electron chi connectivity index (χ1n) is 8.37. The maximum absolute atomic E-state index is 11.9. The molecule has 0 spiro atoms. The van der Waals surface area contributed by atoms with Crippen molar-refractivity contribution in [2.24, 2.45) is 5.92 Å². The van der Waals surface area contributed by atoms with Crippen molar-refractivity contribution in [3.63, 3.8) is 0 Å². The maximum atomic E-state index is 11.9. The van der Waals surface area contributed by atoms with Gasteiger partial charge >= 0.3 is 0 Å². The smallest absolute Gasteiger partial charge is 0.271 e. The van der Waals surface area contributed by atoms with Crippen LogP contribution in [0.2, 0.25) is 0 Å². The minimum atomic E-state index is -0.468. The molecule has 1 amide bonds. The molecule has 0 aliphatic rings. The first-order chi connectivity index (χ1) is 12.4. The molecule has 7 heteroatoms. The average Bonchev–Trinajstić information content (AvgIpc) is 3.03. The molecule has 7 nitrogen and oxygen atoms in total. The van der Waals surface area contributed by atoms with Gasteiger partial charge in [-0.2, -0.15) is 0 Å². The molecule has 1 aromatic heterocycles. The van der Waals surface area contributed by atoms with Crippen molar-refractivity contribution >= 4 is 28.4 Å². The summed E-state index contributed by atoms with van der Waals surface area (Å²) in [7, 11) is 0. The summed E-state index contributed by atoms with van der Waals surface area (Å²) < 4.78 is 5.65. The van der Waals surface area contributed by atoms with Gasteiger partial charge in [0, 0.05) is 29.8 Å². The van der Waals surface area contributed by atoms with E-state index in [4.69, 9.17) is 4.42 Å². The number of fused-ring (bicyclic) bond motifs is 1. The van der Waals surface area contributed by atoms with Gasteiger partial charge in [0.05, 0.1) is 4.92 Å². The Labute approximate surface area is 150 Å². The molecule has 1 N–H and O–H groups in total. The summed E-state index contributed by atoms with van der Waals surface area (Å²) in [4.78, 5) is 26.6. The fourth-order valence-electron chi connectivity index (χ4n) is 2.49. The van der Waals surface area contributed by atoms with Crippen molar-refractivity contribution in [3.8, 4) is 11.5 Å². The second-order valence-corrected chi connectivity index (χ2v) is 6.49. The van der Waals surface area contributed by atoms with Gasteiger partial charge in [-0.3, -0.25) is 14.9 Å². The third-order valence-corrected chi connectivity index (χ3v) is 3.95. The van der Waals surface area contributed by atoms with Crippen molar-refractivity contribution in [2.45, 2.75) is 26.7 Å². The number of anilines is 1. The lowest BCUT2D eigenvalue weighted by atomic mass is 10.1. The molecule has 0 unspecified atom stereocenters. The molecular formula is C19H19N3O4. The summed E-state index contributed by atoms with van der Waals surface area (Å²) in [5.74, 6) is 0.844. The van der Waals surface area contributed by atoms with Crippen LogP contribution in [-0.2, 0) is 4.79 Å². The van der Waals surface area contributed by atoms with Crippen molar-refractivity contribution in [1.29, 1.82) is 0 Å². The minimum Gasteiger partial charge on any atom is -0.436 e. The monoisotopic (exact) mass is 353 g/mol. The van der Waals surface area contributed by atoms with E-state index < -0.39 is 4.92 Å². The van der Waals surface area contributed by atoms with Gasteiger partial charge in [-0.15, -0.1) is 0 Å². The van der Waals surface area contributed by atoms with Crippen LogP contribution >= 0.6 is 0 Å². The Kier molecular flexibility index (Phi) is 4.97. The summed E-state index contributed by atoms with van der Waals surface area (Å²) in [6.07, 6.45) is 1.34. The number of hydrogen-bond acceptors (Lipinski definition) is 5. The molecule has 134 valence electrons. The van der Waals surface area contributed by atoms with Crippen LogP contribution in [0.15, 0.2) is 46.9 Å². The van der Waals surface area contributed by atoms with Gasteiger partial charge in [-0.25, -0.2) is 4.98 Å². The SMILES string of the molecule is CC(C)CCC(=O)Nc1ccc(-c2nc3cc([N+](=O)[O-])ccc3o2)cc1. The number of rotatable bonds is 6. The van der Waals surface area contributed by atoms with Crippen LogP contribution in [0.3, 0.4) is 0 Å². The normalized spacial score (nSPS) is 11.0. The second kappa shape index (κ2) is 7.35. The molecule has 3 aromatic rings. The van der Waals surface area contributed by atoms with E-state index in [9.17, 15) is 14.9 Å². The number of carbonyl (C=O) groups is 1. The van der Waals surface area contributed by atoms with E-state index in [-0.39, 0.29) is 11.6 Å². The van der Waals surface area contributed by atoms with Gasteiger partial charge in [0.1, 0.15) is 5.52 Å². The lowest BCUT2D eigenvalue weighted by Crippen LogP contribution is -2.11. The predicted octanol–water partition coefficient (Wildman–Crippen LogP) is 4.78. The highest BCUT2D eigenvalue weighted by Crippen LogP contribution is 2.27. The van der Waals surface area contributed by atoms with Gasteiger partial charge < -0.3 is 9.73 Å². The highest BCUT2D eigenvalue weighted by Gasteiger charge is 2.13. The fourth-order valence-corrected chi connectivity index (χ4v) is 2.49. The van der Waals surface area contributed by atoms with Gasteiger partial charge in [-0.1, -0.05) is 13.8 Å². The minimum absolute atomic E-state index is 0.0133.